The Hall–Kier alpha value is -3.08. The molecule has 1 nitrogen and oxygen atoms in total. The summed E-state index contributed by atoms with van der Waals surface area (Å²) < 4.78 is 0. The van der Waals surface area contributed by atoms with Gasteiger partial charge in [0.1, 0.15) is 0 Å². The van der Waals surface area contributed by atoms with E-state index in [1.54, 1.807) is 5.30 Å². The molecule has 0 heterocycles. The highest BCUT2D eigenvalue weighted by Crippen LogP contribution is 2.55. The predicted molar refractivity (Wildman–Crippen MR) is 207 cm³/mol. The summed E-state index contributed by atoms with van der Waals surface area (Å²) >= 11 is 0. The molecule has 0 amide bonds. The number of benzene rings is 5. The normalized spacial score (nSPS) is 16.8. The van der Waals surface area contributed by atoms with Gasteiger partial charge in [-0.2, -0.15) is 0 Å². The Morgan fingerprint density at radius 3 is 1.53 bits per heavy atom. The van der Waals surface area contributed by atoms with Gasteiger partial charge in [-0.05, 0) is 82.8 Å². The quantitative estimate of drug-likeness (QED) is 0.140. The van der Waals surface area contributed by atoms with E-state index in [4.69, 9.17) is 0 Å². The van der Waals surface area contributed by atoms with Crippen molar-refractivity contribution in [3.05, 3.63) is 156 Å². The molecular formula is C44H49NP2. The summed E-state index contributed by atoms with van der Waals surface area (Å²) in [6.45, 7) is 0.886. The highest BCUT2D eigenvalue weighted by molar-refractivity contribution is 7.79. The van der Waals surface area contributed by atoms with Gasteiger partial charge in [0.2, 0.25) is 0 Å². The molecule has 5 aromatic carbocycles. The molecule has 2 aliphatic carbocycles. The molecule has 0 saturated heterocycles. The topological polar surface area (TPSA) is 12.0 Å². The number of rotatable bonds is 11. The molecule has 1 atom stereocenters. The smallest absolute Gasteiger partial charge is 0.0585 e. The third kappa shape index (κ3) is 7.81. The zero-order valence-electron chi connectivity index (χ0n) is 27.7. The fourth-order valence-electron chi connectivity index (χ4n) is 8.10. The second kappa shape index (κ2) is 16.3. The summed E-state index contributed by atoms with van der Waals surface area (Å²) in [5.41, 5.74) is 6.04. The lowest BCUT2D eigenvalue weighted by atomic mass is 9.98. The first-order chi connectivity index (χ1) is 23.4. The van der Waals surface area contributed by atoms with Crippen LogP contribution in [0.25, 0.3) is 0 Å². The van der Waals surface area contributed by atoms with Crippen LogP contribution in [0.2, 0.25) is 0 Å². The van der Waals surface area contributed by atoms with Gasteiger partial charge in [0.15, 0.2) is 0 Å². The fraction of sp³-hybridized carbons (Fsp3) is 0.318. The minimum atomic E-state index is -0.726. The molecule has 240 valence electrons. The molecule has 47 heavy (non-hydrogen) atoms. The lowest BCUT2D eigenvalue weighted by molar-refractivity contribution is 0.487. The van der Waals surface area contributed by atoms with Crippen LogP contribution in [0.15, 0.2) is 140 Å². The largest absolute Gasteiger partial charge is 0.302 e. The number of hydrogen-bond acceptors (Lipinski definition) is 1. The van der Waals surface area contributed by atoms with Crippen molar-refractivity contribution < 1.29 is 0 Å². The molecule has 1 N–H and O–H groups in total. The zero-order valence-corrected chi connectivity index (χ0v) is 29.5. The summed E-state index contributed by atoms with van der Waals surface area (Å²) in [7, 11) is -0.892. The van der Waals surface area contributed by atoms with E-state index in [0.29, 0.717) is 0 Å². The second-order valence-corrected chi connectivity index (χ2v) is 18.4. The van der Waals surface area contributed by atoms with Gasteiger partial charge in [0, 0.05) is 6.54 Å². The lowest BCUT2D eigenvalue weighted by Crippen LogP contribution is -2.32. The van der Waals surface area contributed by atoms with Gasteiger partial charge in [-0.25, -0.2) is 0 Å². The first-order valence-electron chi connectivity index (χ1n) is 18.0. The molecule has 0 spiro atoms. The average Bonchev–Trinajstić information content (AvgIpc) is 3.15. The SMILES string of the molecule is c1ccc([C@H](NCc2ccccc2P(C2CCCCC2)C2CCCCC2)c2ccccc2P(c2ccccc2)c2ccccc2)cc1. The van der Waals surface area contributed by atoms with Crippen molar-refractivity contribution in [2.45, 2.75) is 88.1 Å². The summed E-state index contributed by atoms with van der Waals surface area (Å²) in [4.78, 5) is 0. The Bertz CT molecular complexity index is 1600. The van der Waals surface area contributed by atoms with Crippen LogP contribution in [-0.2, 0) is 6.54 Å². The lowest BCUT2D eigenvalue weighted by Gasteiger charge is -2.39. The molecule has 5 aromatic rings. The van der Waals surface area contributed by atoms with Gasteiger partial charge >= 0.3 is 0 Å². The van der Waals surface area contributed by atoms with E-state index in [-0.39, 0.29) is 14.0 Å². The minimum absolute atomic E-state index is 0.0912. The Morgan fingerprint density at radius 2 is 0.957 bits per heavy atom. The Kier molecular flexibility index (Phi) is 11.3. The first kappa shape index (κ1) is 32.5. The van der Waals surface area contributed by atoms with Crippen LogP contribution in [0.4, 0.5) is 0 Å². The van der Waals surface area contributed by atoms with Crippen molar-refractivity contribution in [1.29, 1.82) is 0 Å². The van der Waals surface area contributed by atoms with Crippen molar-refractivity contribution >= 4 is 37.1 Å². The Morgan fingerprint density at radius 1 is 0.489 bits per heavy atom. The maximum absolute atomic E-state index is 4.19. The maximum Gasteiger partial charge on any atom is 0.0585 e. The van der Waals surface area contributed by atoms with E-state index in [9.17, 15) is 0 Å². The molecule has 2 aliphatic rings. The highest BCUT2D eigenvalue weighted by Gasteiger charge is 2.33. The number of hydrogen-bond donors (Lipinski definition) is 1. The molecule has 0 aromatic heterocycles. The van der Waals surface area contributed by atoms with Gasteiger partial charge in [-0.15, -0.1) is 0 Å². The van der Waals surface area contributed by atoms with E-state index in [1.807, 2.05) is 0 Å². The predicted octanol–water partition coefficient (Wildman–Crippen LogP) is 10.1. The standard InChI is InChI=1S/C44H49NP2/c1-6-20-35(21-7-1)44(41-31-17-19-33-43(41)47(39-27-12-4-13-28-39)40-29-14-5-15-30-40)45-34-36-22-16-18-32-42(36)46(37-23-8-2-9-24-37)38-25-10-3-11-26-38/h1,4-7,12-22,27-33,37-38,44-45H,2-3,8-11,23-26,34H2/t44-/m0/s1. The second-order valence-electron chi connectivity index (χ2n) is 13.4. The van der Waals surface area contributed by atoms with Crippen molar-refractivity contribution in [3.8, 4) is 0 Å². The van der Waals surface area contributed by atoms with Crippen LogP contribution in [0.1, 0.15) is 86.9 Å². The van der Waals surface area contributed by atoms with Crippen LogP contribution in [0.5, 0.6) is 0 Å². The fourth-order valence-corrected chi connectivity index (χ4v) is 14.6. The van der Waals surface area contributed by atoms with Gasteiger partial charge in [0.05, 0.1) is 6.04 Å². The summed E-state index contributed by atoms with van der Waals surface area (Å²) in [5, 5.41) is 10.1. The molecule has 2 fully saturated rings. The third-order valence-electron chi connectivity index (χ3n) is 10.4. The number of nitrogens with one attached hydrogen (secondary N) is 1. The third-order valence-corrected chi connectivity index (χ3v) is 16.5. The molecule has 7 rings (SSSR count). The molecular weight excluding hydrogens is 604 g/mol. The van der Waals surface area contributed by atoms with E-state index < -0.39 is 7.92 Å². The van der Waals surface area contributed by atoms with Crippen molar-refractivity contribution in [1.82, 2.24) is 5.32 Å². The summed E-state index contributed by atoms with van der Waals surface area (Å²) in [5.74, 6) is 0. The van der Waals surface area contributed by atoms with E-state index in [2.05, 4.69) is 145 Å². The molecule has 0 radical (unpaired) electrons. The van der Waals surface area contributed by atoms with E-state index in [0.717, 1.165) is 17.9 Å². The van der Waals surface area contributed by atoms with Gasteiger partial charge in [0.25, 0.3) is 0 Å². The zero-order chi connectivity index (χ0) is 31.7. The molecule has 3 heteroatoms. The van der Waals surface area contributed by atoms with Gasteiger partial charge < -0.3 is 5.32 Å². The maximum atomic E-state index is 4.19. The first-order valence-corrected chi connectivity index (χ1v) is 20.8. The van der Waals surface area contributed by atoms with Gasteiger partial charge in [-0.1, -0.05) is 186 Å². The van der Waals surface area contributed by atoms with Crippen LogP contribution in [0, 0.1) is 0 Å². The molecule has 0 unspecified atom stereocenters. The van der Waals surface area contributed by atoms with E-state index in [1.165, 1.54) is 96.8 Å². The minimum Gasteiger partial charge on any atom is -0.302 e. The summed E-state index contributed by atoms with van der Waals surface area (Å²) in [6.07, 6.45) is 14.3. The van der Waals surface area contributed by atoms with Crippen LogP contribution < -0.4 is 26.5 Å². The van der Waals surface area contributed by atoms with Crippen LogP contribution in [0.3, 0.4) is 0 Å². The van der Waals surface area contributed by atoms with Crippen molar-refractivity contribution in [3.63, 3.8) is 0 Å². The summed E-state index contributed by atoms with van der Waals surface area (Å²) in [6, 6.07) is 52.4. The van der Waals surface area contributed by atoms with E-state index >= 15 is 0 Å². The molecule has 0 bridgehead atoms. The Labute approximate surface area is 285 Å². The van der Waals surface area contributed by atoms with Crippen LogP contribution in [-0.4, -0.2) is 11.3 Å². The molecule has 0 aliphatic heterocycles. The average molecular weight is 654 g/mol. The highest BCUT2D eigenvalue weighted by atomic mass is 31.1. The van der Waals surface area contributed by atoms with Crippen molar-refractivity contribution in [2.75, 3.05) is 0 Å². The van der Waals surface area contributed by atoms with Crippen molar-refractivity contribution in [2.24, 2.45) is 0 Å². The Balaban J connectivity index is 1.27. The molecule has 2 saturated carbocycles. The monoisotopic (exact) mass is 653 g/mol. The van der Waals surface area contributed by atoms with Gasteiger partial charge in [-0.3, -0.25) is 0 Å². The van der Waals surface area contributed by atoms with Crippen LogP contribution >= 0.6 is 15.8 Å².